The topological polar surface area (TPSA) is 20.2 Å². The summed E-state index contributed by atoms with van der Waals surface area (Å²) >= 11 is 0. The Morgan fingerprint density at radius 2 is 2.06 bits per heavy atom. The van der Waals surface area contributed by atoms with E-state index in [0.29, 0.717) is 0 Å². The van der Waals surface area contributed by atoms with Crippen molar-refractivity contribution < 1.29 is 5.11 Å². The third-order valence-corrected chi connectivity index (χ3v) is 3.56. The molecule has 1 heteroatoms. The predicted octanol–water partition coefficient (Wildman–Crippen LogP) is 3.27. The molecule has 0 fully saturated rings. The number of hydrogen-bond acceptors (Lipinski definition) is 1. The maximum Gasteiger partial charge on any atom is 0.0471 e. The lowest BCUT2D eigenvalue weighted by atomic mass is 9.98. The molecule has 86 valence electrons. The Morgan fingerprint density at radius 1 is 1.18 bits per heavy atom. The van der Waals surface area contributed by atoms with E-state index in [0.717, 1.165) is 19.3 Å². The van der Waals surface area contributed by atoms with Crippen LogP contribution in [0.2, 0.25) is 0 Å². The van der Waals surface area contributed by atoms with Crippen molar-refractivity contribution in [2.45, 2.75) is 19.3 Å². The van der Waals surface area contributed by atoms with Gasteiger partial charge in [0, 0.05) is 6.61 Å². The lowest BCUT2D eigenvalue weighted by molar-refractivity contribution is 0.300. The van der Waals surface area contributed by atoms with Crippen molar-refractivity contribution in [2.75, 3.05) is 6.61 Å². The molecule has 3 rings (SSSR count). The minimum Gasteiger partial charge on any atom is -0.396 e. The summed E-state index contributed by atoms with van der Waals surface area (Å²) in [5.41, 5.74) is 6.94. The highest BCUT2D eigenvalue weighted by molar-refractivity contribution is 5.70. The molecule has 0 radical (unpaired) electrons. The summed E-state index contributed by atoms with van der Waals surface area (Å²) in [6.45, 7) is 0.239. The summed E-state index contributed by atoms with van der Waals surface area (Å²) in [6.07, 6.45) is 9.51. The van der Waals surface area contributed by atoms with E-state index in [1.165, 1.54) is 27.8 Å². The van der Waals surface area contributed by atoms with Crippen LogP contribution in [0, 0.1) is 0 Å². The molecule has 2 aliphatic rings. The first-order valence-electron chi connectivity index (χ1n) is 6.17. The molecule has 1 aromatic rings. The lowest BCUT2D eigenvalue weighted by Gasteiger charge is -2.07. The average molecular weight is 224 g/mol. The molecule has 2 aliphatic carbocycles. The molecule has 0 saturated heterocycles. The minimum atomic E-state index is 0.239. The van der Waals surface area contributed by atoms with Gasteiger partial charge in [0.05, 0.1) is 0 Å². The third-order valence-electron chi connectivity index (χ3n) is 3.56. The first kappa shape index (κ1) is 10.5. The zero-order valence-electron chi connectivity index (χ0n) is 9.82. The average Bonchev–Trinajstić information content (AvgIpc) is 2.94. The van der Waals surface area contributed by atoms with E-state index in [2.05, 4.69) is 42.5 Å². The van der Waals surface area contributed by atoms with Crippen LogP contribution in [0.3, 0.4) is 0 Å². The van der Waals surface area contributed by atoms with Gasteiger partial charge in [0.15, 0.2) is 0 Å². The van der Waals surface area contributed by atoms with Crippen LogP contribution in [0.25, 0.3) is 6.08 Å². The Hall–Kier alpha value is -1.60. The Kier molecular flexibility index (Phi) is 2.69. The van der Waals surface area contributed by atoms with Gasteiger partial charge in [0.2, 0.25) is 0 Å². The summed E-state index contributed by atoms with van der Waals surface area (Å²) in [6, 6.07) is 8.57. The van der Waals surface area contributed by atoms with E-state index in [-0.39, 0.29) is 6.61 Å². The second-order valence-corrected chi connectivity index (χ2v) is 4.63. The number of benzene rings is 1. The minimum absolute atomic E-state index is 0.239. The monoisotopic (exact) mass is 224 g/mol. The van der Waals surface area contributed by atoms with Crippen LogP contribution < -0.4 is 0 Å². The van der Waals surface area contributed by atoms with Crippen molar-refractivity contribution in [1.82, 2.24) is 0 Å². The molecule has 1 N–H and O–H groups in total. The SMILES string of the molecule is OCCC1=C(C2=Cc3ccccc3C2)CC=C1. The fourth-order valence-corrected chi connectivity index (χ4v) is 2.72. The van der Waals surface area contributed by atoms with Gasteiger partial charge in [-0.05, 0) is 47.1 Å². The van der Waals surface area contributed by atoms with Crippen molar-refractivity contribution in [3.8, 4) is 0 Å². The number of fused-ring (bicyclic) bond motifs is 1. The normalized spacial score (nSPS) is 17.6. The van der Waals surface area contributed by atoms with E-state index in [1.807, 2.05) is 0 Å². The zero-order chi connectivity index (χ0) is 11.7. The van der Waals surface area contributed by atoms with Crippen LogP contribution in [0.5, 0.6) is 0 Å². The molecule has 17 heavy (non-hydrogen) atoms. The van der Waals surface area contributed by atoms with E-state index < -0.39 is 0 Å². The van der Waals surface area contributed by atoms with Gasteiger partial charge in [-0.15, -0.1) is 0 Å². The largest absolute Gasteiger partial charge is 0.396 e. The van der Waals surface area contributed by atoms with Crippen LogP contribution in [0.15, 0.2) is 53.1 Å². The summed E-state index contributed by atoms with van der Waals surface area (Å²) < 4.78 is 0. The van der Waals surface area contributed by atoms with E-state index >= 15 is 0 Å². The predicted molar refractivity (Wildman–Crippen MR) is 70.6 cm³/mol. The standard InChI is InChI=1S/C16H16O/c17-9-8-12-6-3-7-16(12)15-10-13-4-1-2-5-14(13)11-15/h1-6,10,17H,7-9,11H2. The summed E-state index contributed by atoms with van der Waals surface area (Å²) in [5, 5.41) is 9.07. The number of aliphatic hydroxyl groups is 1. The highest BCUT2D eigenvalue weighted by Gasteiger charge is 2.18. The van der Waals surface area contributed by atoms with Gasteiger partial charge in [-0.25, -0.2) is 0 Å². The van der Waals surface area contributed by atoms with Gasteiger partial charge < -0.3 is 5.11 Å². The highest BCUT2D eigenvalue weighted by Crippen LogP contribution is 2.35. The van der Waals surface area contributed by atoms with E-state index in [9.17, 15) is 0 Å². The molecule has 0 unspecified atom stereocenters. The molecule has 0 atom stereocenters. The van der Waals surface area contributed by atoms with Crippen LogP contribution in [-0.4, -0.2) is 11.7 Å². The van der Waals surface area contributed by atoms with Gasteiger partial charge >= 0.3 is 0 Å². The van der Waals surface area contributed by atoms with Crippen molar-refractivity contribution in [1.29, 1.82) is 0 Å². The molecule has 0 aromatic heterocycles. The van der Waals surface area contributed by atoms with E-state index in [4.69, 9.17) is 5.11 Å². The van der Waals surface area contributed by atoms with Crippen molar-refractivity contribution in [3.05, 3.63) is 64.3 Å². The quantitative estimate of drug-likeness (QED) is 0.835. The second kappa shape index (κ2) is 4.34. The van der Waals surface area contributed by atoms with Gasteiger partial charge in [0.25, 0.3) is 0 Å². The Morgan fingerprint density at radius 3 is 2.88 bits per heavy atom. The second-order valence-electron chi connectivity index (χ2n) is 4.63. The van der Waals surface area contributed by atoms with Crippen molar-refractivity contribution >= 4 is 6.08 Å². The Bertz CT molecular complexity index is 532. The maximum absolute atomic E-state index is 9.07. The molecular formula is C16H16O. The van der Waals surface area contributed by atoms with Gasteiger partial charge in [-0.3, -0.25) is 0 Å². The van der Waals surface area contributed by atoms with Gasteiger partial charge in [0.1, 0.15) is 0 Å². The van der Waals surface area contributed by atoms with Gasteiger partial charge in [-0.2, -0.15) is 0 Å². The van der Waals surface area contributed by atoms with Crippen LogP contribution >= 0.6 is 0 Å². The molecule has 0 bridgehead atoms. The number of hydrogen-bond donors (Lipinski definition) is 1. The Labute approximate surface area is 102 Å². The molecule has 1 nitrogen and oxygen atoms in total. The smallest absolute Gasteiger partial charge is 0.0471 e. The summed E-state index contributed by atoms with van der Waals surface area (Å²) in [7, 11) is 0. The lowest BCUT2D eigenvalue weighted by Crippen LogP contribution is -1.93. The third kappa shape index (κ3) is 1.87. The van der Waals surface area contributed by atoms with Crippen molar-refractivity contribution in [2.24, 2.45) is 0 Å². The molecule has 0 spiro atoms. The van der Waals surface area contributed by atoms with Crippen molar-refractivity contribution in [3.63, 3.8) is 0 Å². The number of rotatable bonds is 3. The first-order chi connectivity index (χ1) is 8.38. The van der Waals surface area contributed by atoms with Crippen LogP contribution in [-0.2, 0) is 6.42 Å². The molecular weight excluding hydrogens is 208 g/mol. The fraction of sp³-hybridized carbons (Fsp3) is 0.250. The van der Waals surface area contributed by atoms with E-state index in [1.54, 1.807) is 0 Å². The molecule has 0 saturated carbocycles. The number of allylic oxidation sites excluding steroid dienone is 4. The molecule has 0 aliphatic heterocycles. The first-order valence-corrected chi connectivity index (χ1v) is 6.17. The van der Waals surface area contributed by atoms with Crippen LogP contribution in [0.4, 0.5) is 0 Å². The van der Waals surface area contributed by atoms with Gasteiger partial charge in [-0.1, -0.05) is 42.5 Å². The Balaban J connectivity index is 1.92. The fourth-order valence-electron chi connectivity index (χ4n) is 2.72. The summed E-state index contributed by atoms with van der Waals surface area (Å²) in [4.78, 5) is 0. The summed E-state index contributed by atoms with van der Waals surface area (Å²) in [5.74, 6) is 0. The molecule has 0 heterocycles. The number of aliphatic hydroxyl groups excluding tert-OH is 1. The maximum atomic E-state index is 9.07. The molecule has 1 aromatic carbocycles. The molecule has 0 amide bonds. The zero-order valence-corrected chi connectivity index (χ0v) is 9.82. The van der Waals surface area contributed by atoms with Crippen LogP contribution in [0.1, 0.15) is 24.0 Å². The highest BCUT2D eigenvalue weighted by atomic mass is 16.2.